The first-order valence-corrected chi connectivity index (χ1v) is 12.5. The third kappa shape index (κ3) is 4.14. The number of benzene rings is 1. The lowest BCUT2D eigenvalue weighted by Crippen LogP contribution is -2.34. The monoisotopic (exact) mass is 506 g/mol. The van der Waals surface area contributed by atoms with E-state index in [1.807, 2.05) is 24.3 Å². The Kier molecular flexibility index (Phi) is 5.51. The number of hydrogen-bond acceptors (Lipinski definition) is 7. The fourth-order valence-corrected chi connectivity index (χ4v) is 4.91. The van der Waals surface area contributed by atoms with Gasteiger partial charge in [-0.2, -0.15) is 5.10 Å². The van der Waals surface area contributed by atoms with Crippen molar-refractivity contribution in [1.82, 2.24) is 40.4 Å². The molecule has 38 heavy (non-hydrogen) atoms. The number of piperidine rings is 1. The van der Waals surface area contributed by atoms with Crippen LogP contribution in [0.2, 0.25) is 0 Å². The molecule has 0 saturated carbocycles. The van der Waals surface area contributed by atoms with Crippen molar-refractivity contribution in [1.29, 1.82) is 0 Å². The Hall–Kier alpha value is -4.70. The minimum atomic E-state index is -0.301. The molecule has 0 unspecified atom stereocenters. The summed E-state index contributed by atoms with van der Waals surface area (Å²) in [6, 6.07) is 12.3. The molecule has 1 aliphatic rings. The average molecular weight is 507 g/mol. The maximum atomic E-state index is 13.9. The lowest BCUT2D eigenvalue weighted by Gasteiger charge is -2.23. The summed E-state index contributed by atoms with van der Waals surface area (Å²) < 4.78 is 20.1. The molecular formula is C28H23FN8O. The first-order valence-electron chi connectivity index (χ1n) is 12.5. The number of fused-ring (bicyclic) bond motifs is 2. The van der Waals surface area contributed by atoms with Gasteiger partial charge >= 0.3 is 0 Å². The van der Waals surface area contributed by atoms with Crippen LogP contribution in [-0.2, 0) is 0 Å². The number of aromatic amines is 2. The highest BCUT2D eigenvalue weighted by Gasteiger charge is 2.18. The first-order chi connectivity index (χ1) is 18.7. The van der Waals surface area contributed by atoms with E-state index in [2.05, 4.69) is 35.5 Å². The molecule has 0 amide bonds. The van der Waals surface area contributed by atoms with Gasteiger partial charge in [-0.05, 0) is 61.8 Å². The van der Waals surface area contributed by atoms with Crippen LogP contribution in [0.25, 0.3) is 56.0 Å². The molecule has 0 spiro atoms. The van der Waals surface area contributed by atoms with E-state index in [1.165, 1.54) is 12.1 Å². The average Bonchev–Trinajstić information content (AvgIpc) is 3.57. The fraction of sp³-hybridized carbons (Fsp3) is 0.179. The van der Waals surface area contributed by atoms with Crippen molar-refractivity contribution in [3.8, 4) is 39.5 Å². The van der Waals surface area contributed by atoms with E-state index in [0.717, 1.165) is 59.3 Å². The Balaban J connectivity index is 1.26. The summed E-state index contributed by atoms with van der Waals surface area (Å²) in [4.78, 5) is 21.4. The number of aromatic nitrogens is 7. The molecule has 6 heterocycles. The van der Waals surface area contributed by atoms with Gasteiger partial charge in [0.25, 0.3) is 0 Å². The number of hydrogen-bond donors (Lipinski definition) is 3. The number of nitrogens with one attached hydrogen (secondary N) is 3. The molecule has 9 nitrogen and oxygen atoms in total. The van der Waals surface area contributed by atoms with Crippen LogP contribution in [-0.4, -0.2) is 54.3 Å². The van der Waals surface area contributed by atoms with Gasteiger partial charge in [0.15, 0.2) is 17.1 Å². The molecule has 0 aliphatic carbocycles. The lowest BCUT2D eigenvalue weighted by molar-refractivity contribution is 0.162. The molecule has 7 rings (SSSR count). The summed E-state index contributed by atoms with van der Waals surface area (Å²) in [7, 11) is 0. The zero-order valence-electron chi connectivity index (χ0n) is 20.3. The first kappa shape index (κ1) is 22.5. The minimum absolute atomic E-state index is 0.188. The number of H-pyrrole nitrogens is 2. The van der Waals surface area contributed by atoms with Crippen molar-refractivity contribution in [3.63, 3.8) is 0 Å². The van der Waals surface area contributed by atoms with E-state index < -0.39 is 0 Å². The quantitative estimate of drug-likeness (QED) is 0.305. The van der Waals surface area contributed by atoms with E-state index in [9.17, 15) is 4.39 Å². The van der Waals surface area contributed by atoms with Crippen molar-refractivity contribution in [2.24, 2.45) is 0 Å². The van der Waals surface area contributed by atoms with Gasteiger partial charge in [-0.3, -0.25) is 10.1 Å². The van der Waals surface area contributed by atoms with E-state index in [1.54, 1.807) is 30.9 Å². The predicted octanol–water partition coefficient (Wildman–Crippen LogP) is 4.90. The summed E-state index contributed by atoms with van der Waals surface area (Å²) in [5.74, 6) is 1.01. The Bertz CT molecular complexity index is 1770. The largest absolute Gasteiger partial charge is 0.489 e. The zero-order valence-corrected chi connectivity index (χ0v) is 20.3. The van der Waals surface area contributed by atoms with Gasteiger partial charge in [0.2, 0.25) is 0 Å². The normalized spacial score (nSPS) is 14.3. The van der Waals surface area contributed by atoms with Crippen LogP contribution in [0.1, 0.15) is 12.8 Å². The smallest absolute Gasteiger partial charge is 0.181 e. The maximum Gasteiger partial charge on any atom is 0.181 e. The fourth-order valence-electron chi connectivity index (χ4n) is 4.91. The van der Waals surface area contributed by atoms with Crippen LogP contribution >= 0.6 is 0 Å². The number of rotatable bonds is 5. The molecular weight excluding hydrogens is 483 g/mol. The number of pyridine rings is 3. The Morgan fingerprint density at radius 3 is 2.68 bits per heavy atom. The van der Waals surface area contributed by atoms with E-state index >= 15 is 0 Å². The molecule has 0 bridgehead atoms. The molecule has 1 aromatic carbocycles. The summed E-state index contributed by atoms with van der Waals surface area (Å²) in [6.07, 6.45) is 9.14. The van der Waals surface area contributed by atoms with Gasteiger partial charge in [-0.1, -0.05) is 12.1 Å². The van der Waals surface area contributed by atoms with Gasteiger partial charge in [0.05, 0.1) is 17.1 Å². The van der Waals surface area contributed by atoms with Crippen LogP contribution in [0.3, 0.4) is 0 Å². The van der Waals surface area contributed by atoms with Crippen molar-refractivity contribution in [3.05, 3.63) is 73.1 Å². The Labute approximate surface area is 216 Å². The number of ether oxygens (including phenoxy) is 1. The van der Waals surface area contributed by atoms with Gasteiger partial charge in [0.1, 0.15) is 23.4 Å². The second-order valence-electron chi connectivity index (χ2n) is 9.32. The molecule has 0 radical (unpaired) electrons. The van der Waals surface area contributed by atoms with Gasteiger partial charge in [-0.25, -0.2) is 19.3 Å². The third-order valence-electron chi connectivity index (χ3n) is 6.81. The standard InChI is InChI=1S/C28H23FN8O/c29-19-3-1-2-16(10-19)22-6-9-32-27-24(22)34-28(35-27)25-23-12-18(14-33-26(23)37-36-25)17-11-21(15-31-13-17)38-20-4-7-30-8-5-20/h1-3,6,9-15,20,30H,4-5,7-8H2,(H,32,34,35)(H,33,36,37). The predicted molar refractivity (Wildman–Crippen MR) is 142 cm³/mol. The molecule has 1 fully saturated rings. The molecule has 1 aliphatic heterocycles. The van der Waals surface area contributed by atoms with Crippen LogP contribution < -0.4 is 10.1 Å². The second kappa shape index (κ2) is 9.31. The minimum Gasteiger partial charge on any atom is -0.489 e. The van der Waals surface area contributed by atoms with Crippen molar-refractivity contribution < 1.29 is 9.13 Å². The molecule has 188 valence electrons. The molecule has 5 aromatic heterocycles. The maximum absolute atomic E-state index is 13.9. The summed E-state index contributed by atoms with van der Waals surface area (Å²) in [5, 5.41) is 11.6. The topological polar surface area (TPSA) is 117 Å². The summed E-state index contributed by atoms with van der Waals surface area (Å²) >= 11 is 0. The Morgan fingerprint density at radius 2 is 1.79 bits per heavy atom. The highest BCUT2D eigenvalue weighted by molar-refractivity contribution is 5.96. The van der Waals surface area contributed by atoms with Crippen LogP contribution in [0.5, 0.6) is 5.75 Å². The van der Waals surface area contributed by atoms with Gasteiger partial charge in [0, 0.05) is 35.3 Å². The van der Waals surface area contributed by atoms with Crippen molar-refractivity contribution >= 4 is 22.2 Å². The highest BCUT2D eigenvalue weighted by Crippen LogP contribution is 2.32. The summed E-state index contributed by atoms with van der Waals surface area (Å²) in [5.41, 5.74) is 5.84. The SMILES string of the molecule is Fc1cccc(-c2ccnc3nc(-c4[nH]nc5ncc(-c6cncc(OC7CCNCC7)c6)cc45)[nH]c23)c1. The number of halogens is 1. The molecule has 3 N–H and O–H groups in total. The highest BCUT2D eigenvalue weighted by atomic mass is 19.1. The molecule has 6 aromatic rings. The number of imidazole rings is 1. The number of nitrogens with zero attached hydrogens (tertiary/aromatic N) is 5. The van der Waals surface area contributed by atoms with Crippen molar-refractivity contribution in [2.45, 2.75) is 18.9 Å². The van der Waals surface area contributed by atoms with E-state index in [0.29, 0.717) is 28.3 Å². The van der Waals surface area contributed by atoms with Gasteiger partial charge in [-0.15, -0.1) is 0 Å². The second-order valence-corrected chi connectivity index (χ2v) is 9.32. The van der Waals surface area contributed by atoms with Crippen LogP contribution in [0.15, 0.2) is 67.3 Å². The van der Waals surface area contributed by atoms with Gasteiger partial charge < -0.3 is 15.0 Å². The lowest BCUT2D eigenvalue weighted by atomic mass is 10.1. The van der Waals surface area contributed by atoms with E-state index in [4.69, 9.17) is 9.72 Å². The molecule has 0 atom stereocenters. The summed E-state index contributed by atoms with van der Waals surface area (Å²) in [6.45, 7) is 1.92. The third-order valence-corrected chi connectivity index (χ3v) is 6.81. The van der Waals surface area contributed by atoms with Crippen molar-refractivity contribution in [2.75, 3.05) is 13.1 Å². The van der Waals surface area contributed by atoms with Crippen LogP contribution in [0.4, 0.5) is 4.39 Å². The van der Waals surface area contributed by atoms with E-state index in [-0.39, 0.29) is 11.9 Å². The molecule has 10 heteroatoms. The Morgan fingerprint density at radius 1 is 0.895 bits per heavy atom. The van der Waals surface area contributed by atoms with Crippen LogP contribution in [0, 0.1) is 5.82 Å². The zero-order chi connectivity index (χ0) is 25.5. The molecule has 1 saturated heterocycles.